The molecule has 3 aliphatic rings. The van der Waals surface area contributed by atoms with Crippen molar-refractivity contribution in [2.24, 2.45) is 29.6 Å². The maximum Gasteiger partial charge on any atom is 0.201 e. The molecule has 212 valence electrons. The molecule has 0 spiro atoms. The zero-order valence-corrected chi connectivity index (χ0v) is 24.0. The van der Waals surface area contributed by atoms with Gasteiger partial charge in [-0.1, -0.05) is 57.6 Å². The second-order valence-electron chi connectivity index (χ2n) is 12.6. The van der Waals surface area contributed by atoms with Gasteiger partial charge in [0, 0.05) is 5.56 Å². The molecule has 0 radical (unpaired) electrons. The molecule has 38 heavy (non-hydrogen) atoms. The molecule has 0 bridgehead atoms. The number of ether oxygens (including phenoxy) is 1. The van der Waals surface area contributed by atoms with Crippen molar-refractivity contribution in [1.29, 1.82) is 0 Å². The predicted molar refractivity (Wildman–Crippen MR) is 156 cm³/mol. The Balaban J connectivity index is 1.20. The molecule has 0 N–H and O–H groups in total. The number of hydrogen-bond acceptors (Lipinski definition) is 1. The molecule has 1 unspecified atom stereocenters. The molecule has 0 saturated heterocycles. The van der Waals surface area contributed by atoms with Gasteiger partial charge >= 0.3 is 0 Å². The topological polar surface area (TPSA) is 9.23 Å². The lowest BCUT2D eigenvalue weighted by Crippen LogP contribution is -2.28. The van der Waals surface area contributed by atoms with E-state index in [9.17, 15) is 8.78 Å². The second-order valence-corrected chi connectivity index (χ2v) is 12.6. The van der Waals surface area contributed by atoms with Crippen molar-refractivity contribution >= 4 is 5.57 Å². The molecule has 0 aromatic heterocycles. The average molecular weight is 527 g/mol. The Labute approximate surface area is 231 Å². The van der Waals surface area contributed by atoms with E-state index in [2.05, 4.69) is 25.7 Å². The molecule has 1 aromatic rings. The number of hydrogen-bond donors (Lipinski definition) is 0. The highest BCUT2D eigenvalue weighted by Crippen LogP contribution is 2.46. The van der Waals surface area contributed by atoms with Crippen LogP contribution in [0.1, 0.15) is 128 Å². The Morgan fingerprint density at radius 1 is 0.816 bits per heavy atom. The van der Waals surface area contributed by atoms with Crippen LogP contribution in [-0.4, -0.2) is 6.61 Å². The third kappa shape index (κ3) is 7.95. The Bertz CT molecular complexity index is 889. The highest BCUT2D eigenvalue weighted by molar-refractivity contribution is 5.67. The van der Waals surface area contributed by atoms with Crippen molar-refractivity contribution in [3.8, 4) is 5.75 Å². The zero-order chi connectivity index (χ0) is 26.7. The Hall–Kier alpha value is -1.64. The normalized spacial score (nSPS) is 28.1. The van der Waals surface area contributed by atoms with E-state index in [1.165, 1.54) is 77.0 Å². The molecule has 1 nitrogen and oxygen atoms in total. The summed E-state index contributed by atoms with van der Waals surface area (Å²) >= 11 is 0. The van der Waals surface area contributed by atoms with E-state index in [0.29, 0.717) is 18.1 Å². The van der Waals surface area contributed by atoms with Gasteiger partial charge < -0.3 is 4.74 Å². The van der Waals surface area contributed by atoms with Crippen LogP contribution in [0.3, 0.4) is 0 Å². The quantitative estimate of drug-likeness (QED) is 0.183. The first-order valence-corrected chi connectivity index (χ1v) is 16.0. The second kappa shape index (κ2) is 15.2. The standard InChI is InChI=1S/C35H52F2O/c1-3-5-7-8-10-26-11-13-27(14-12-26)28-15-17-29(18-16-28)30-19-21-31(22-20-30)32-23-24-33(35(37)34(32)36)38-25-9-6-4-2/h3,21,23-24,26-30H,1,4-20,22,25H2,2H3. The van der Waals surface area contributed by atoms with Gasteiger partial charge in [0.15, 0.2) is 11.6 Å². The molecule has 0 heterocycles. The van der Waals surface area contributed by atoms with E-state index in [1.54, 1.807) is 12.1 Å². The lowest BCUT2D eigenvalue weighted by Gasteiger charge is -2.40. The first-order valence-electron chi connectivity index (χ1n) is 16.0. The van der Waals surface area contributed by atoms with Crippen molar-refractivity contribution in [3.63, 3.8) is 0 Å². The number of unbranched alkanes of at least 4 members (excludes halogenated alkanes) is 4. The Morgan fingerprint density at radius 2 is 1.50 bits per heavy atom. The minimum absolute atomic E-state index is 0.0467. The van der Waals surface area contributed by atoms with Crippen LogP contribution in [0.2, 0.25) is 0 Å². The molecule has 0 aliphatic heterocycles. The van der Waals surface area contributed by atoms with E-state index < -0.39 is 11.6 Å². The molecular formula is C35H52F2O. The van der Waals surface area contributed by atoms with Crippen LogP contribution in [-0.2, 0) is 0 Å². The third-order valence-electron chi connectivity index (χ3n) is 10.2. The molecule has 4 rings (SSSR count). The van der Waals surface area contributed by atoms with Crippen LogP contribution in [0, 0.1) is 41.2 Å². The van der Waals surface area contributed by atoms with Gasteiger partial charge in [0.25, 0.3) is 0 Å². The van der Waals surface area contributed by atoms with E-state index in [0.717, 1.165) is 67.8 Å². The minimum Gasteiger partial charge on any atom is -0.490 e. The molecule has 2 saturated carbocycles. The number of halogens is 2. The zero-order valence-electron chi connectivity index (χ0n) is 24.0. The summed E-state index contributed by atoms with van der Waals surface area (Å²) in [6.45, 7) is 6.40. The van der Waals surface area contributed by atoms with Gasteiger partial charge in [0.2, 0.25) is 5.82 Å². The molecular weight excluding hydrogens is 474 g/mol. The lowest BCUT2D eigenvalue weighted by atomic mass is 9.65. The molecule has 0 amide bonds. The predicted octanol–water partition coefficient (Wildman–Crippen LogP) is 11.1. The fraction of sp³-hybridized carbons (Fsp3) is 0.714. The monoisotopic (exact) mass is 526 g/mol. The highest BCUT2D eigenvalue weighted by atomic mass is 19.2. The summed E-state index contributed by atoms with van der Waals surface area (Å²) < 4.78 is 35.1. The molecule has 3 heteroatoms. The SMILES string of the molecule is C=CCCCCC1CCC(C2CCC(C3CC=C(c4ccc(OCCCCC)c(F)c4F)CC3)CC2)CC1. The molecule has 1 aromatic carbocycles. The molecule has 3 aliphatic carbocycles. The van der Waals surface area contributed by atoms with Crippen LogP contribution in [0.15, 0.2) is 30.9 Å². The van der Waals surface area contributed by atoms with Crippen molar-refractivity contribution in [3.05, 3.63) is 48.1 Å². The van der Waals surface area contributed by atoms with E-state index in [4.69, 9.17) is 4.74 Å². The fourth-order valence-electron chi connectivity index (χ4n) is 7.71. The molecule has 2 fully saturated rings. The van der Waals surface area contributed by atoms with Crippen molar-refractivity contribution in [2.75, 3.05) is 6.61 Å². The first-order chi connectivity index (χ1) is 18.6. The molecule has 1 atom stereocenters. The number of allylic oxidation sites excluding steroid dienone is 3. The van der Waals surface area contributed by atoms with Crippen LogP contribution in [0.25, 0.3) is 5.57 Å². The van der Waals surface area contributed by atoms with Crippen molar-refractivity contribution in [2.45, 2.75) is 122 Å². The Morgan fingerprint density at radius 3 is 2.13 bits per heavy atom. The van der Waals surface area contributed by atoms with E-state index in [-0.39, 0.29) is 5.75 Å². The number of benzene rings is 1. The maximum atomic E-state index is 14.9. The minimum atomic E-state index is -0.831. The van der Waals surface area contributed by atoms with Gasteiger partial charge in [0.05, 0.1) is 6.61 Å². The maximum absolute atomic E-state index is 14.9. The Kier molecular flexibility index (Phi) is 11.8. The van der Waals surface area contributed by atoms with Gasteiger partial charge in [-0.2, -0.15) is 4.39 Å². The van der Waals surface area contributed by atoms with Gasteiger partial charge in [-0.3, -0.25) is 0 Å². The van der Waals surface area contributed by atoms with Crippen LogP contribution in [0.4, 0.5) is 8.78 Å². The van der Waals surface area contributed by atoms with Crippen LogP contribution >= 0.6 is 0 Å². The summed E-state index contributed by atoms with van der Waals surface area (Å²) in [4.78, 5) is 0. The van der Waals surface area contributed by atoms with E-state index in [1.807, 2.05) is 0 Å². The third-order valence-corrected chi connectivity index (χ3v) is 10.2. The lowest BCUT2D eigenvalue weighted by molar-refractivity contribution is 0.120. The first kappa shape index (κ1) is 29.3. The largest absolute Gasteiger partial charge is 0.490 e. The summed E-state index contributed by atoms with van der Waals surface area (Å²) in [5.41, 5.74) is 1.41. The fourth-order valence-corrected chi connectivity index (χ4v) is 7.71. The van der Waals surface area contributed by atoms with Crippen molar-refractivity contribution < 1.29 is 13.5 Å². The summed E-state index contributed by atoms with van der Waals surface area (Å²) in [7, 11) is 0. The van der Waals surface area contributed by atoms with Gasteiger partial charge in [-0.25, -0.2) is 4.39 Å². The summed E-state index contributed by atoms with van der Waals surface area (Å²) in [5, 5.41) is 0. The number of rotatable bonds is 13. The van der Waals surface area contributed by atoms with Gasteiger partial charge in [-0.05, 0) is 124 Å². The van der Waals surface area contributed by atoms with Gasteiger partial charge in [0.1, 0.15) is 0 Å². The van der Waals surface area contributed by atoms with Crippen LogP contribution < -0.4 is 4.74 Å². The van der Waals surface area contributed by atoms with Crippen LogP contribution in [0.5, 0.6) is 5.75 Å². The summed E-state index contributed by atoms with van der Waals surface area (Å²) in [6.07, 6.45) is 26.9. The summed E-state index contributed by atoms with van der Waals surface area (Å²) in [5.74, 6) is 2.88. The smallest absolute Gasteiger partial charge is 0.201 e. The van der Waals surface area contributed by atoms with Gasteiger partial charge in [-0.15, -0.1) is 6.58 Å². The average Bonchev–Trinajstić information content (AvgIpc) is 2.96. The highest BCUT2D eigenvalue weighted by Gasteiger charge is 2.34. The summed E-state index contributed by atoms with van der Waals surface area (Å²) in [6, 6.07) is 3.34. The van der Waals surface area contributed by atoms with E-state index >= 15 is 0 Å². The van der Waals surface area contributed by atoms with Crippen molar-refractivity contribution in [1.82, 2.24) is 0 Å².